The number of hydrogen-bond acceptors (Lipinski definition) is 4. The molecule has 0 bridgehead atoms. The predicted molar refractivity (Wildman–Crippen MR) is 56.7 cm³/mol. The summed E-state index contributed by atoms with van der Waals surface area (Å²) in [4.78, 5) is 0. The fourth-order valence-corrected chi connectivity index (χ4v) is 2.00. The van der Waals surface area contributed by atoms with Gasteiger partial charge in [0, 0.05) is 25.7 Å². The molecule has 1 aliphatic heterocycles. The molecule has 1 aliphatic rings. The Morgan fingerprint density at radius 2 is 2.21 bits per heavy atom. The first-order valence-electron chi connectivity index (χ1n) is 4.97. The van der Waals surface area contributed by atoms with E-state index in [9.17, 15) is 8.42 Å². The van der Waals surface area contributed by atoms with Gasteiger partial charge < -0.3 is 10.6 Å². The van der Waals surface area contributed by atoms with Crippen molar-refractivity contribution in [1.82, 2.24) is 15.4 Å². The quantitative estimate of drug-likeness (QED) is 0.497. The lowest BCUT2D eigenvalue weighted by Gasteiger charge is -2.11. The molecule has 0 aromatic rings. The minimum absolute atomic E-state index is 0.464. The van der Waals surface area contributed by atoms with Gasteiger partial charge in [-0.1, -0.05) is 0 Å². The molecule has 5 nitrogen and oxygen atoms in total. The van der Waals surface area contributed by atoms with Crippen molar-refractivity contribution in [3.63, 3.8) is 0 Å². The van der Waals surface area contributed by atoms with Gasteiger partial charge in [0.1, 0.15) is 0 Å². The first-order valence-corrected chi connectivity index (χ1v) is 6.86. The molecule has 0 aromatic heterocycles. The minimum Gasteiger partial charge on any atom is -0.314 e. The van der Waals surface area contributed by atoms with E-state index >= 15 is 0 Å². The summed E-state index contributed by atoms with van der Waals surface area (Å²) in [7, 11) is -3.03. The second-order valence-corrected chi connectivity index (χ2v) is 5.50. The van der Waals surface area contributed by atoms with Crippen LogP contribution in [0.5, 0.6) is 0 Å². The molecule has 84 valence electrons. The molecule has 0 saturated carbocycles. The highest BCUT2D eigenvalue weighted by atomic mass is 32.2. The van der Waals surface area contributed by atoms with E-state index < -0.39 is 10.0 Å². The largest absolute Gasteiger partial charge is 0.314 e. The molecule has 1 rings (SSSR count). The van der Waals surface area contributed by atoms with Gasteiger partial charge in [-0.2, -0.15) is 0 Å². The van der Waals surface area contributed by atoms with Crippen molar-refractivity contribution in [1.29, 1.82) is 0 Å². The Morgan fingerprint density at radius 3 is 2.79 bits per heavy atom. The normalized spacial score (nSPS) is 22.8. The number of sulfonamides is 1. The zero-order chi connectivity index (χ0) is 10.4. The fraction of sp³-hybridized carbons (Fsp3) is 1.00. The van der Waals surface area contributed by atoms with Crippen molar-refractivity contribution in [2.75, 3.05) is 32.4 Å². The van der Waals surface area contributed by atoms with Crippen LogP contribution in [0.2, 0.25) is 0 Å². The zero-order valence-electron chi connectivity index (χ0n) is 8.54. The van der Waals surface area contributed by atoms with Crippen molar-refractivity contribution >= 4 is 10.0 Å². The van der Waals surface area contributed by atoms with Crippen LogP contribution < -0.4 is 15.4 Å². The molecule has 0 aliphatic carbocycles. The molecule has 0 aromatic carbocycles. The van der Waals surface area contributed by atoms with E-state index in [1.54, 1.807) is 0 Å². The van der Waals surface area contributed by atoms with Crippen LogP contribution in [0.3, 0.4) is 0 Å². The van der Waals surface area contributed by atoms with Crippen molar-refractivity contribution in [3.8, 4) is 0 Å². The Balaban J connectivity index is 1.94. The Kier molecular flexibility index (Phi) is 4.80. The molecule has 14 heavy (non-hydrogen) atoms. The highest BCUT2D eigenvalue weighted by molar-refractivity contribution is 7.88. The summed E-state index contributed by atoms with van der Waals surface area (Å²) in [6.07, 6.45) is 3.63. The number of nitrogens with one attached hydrogen (secondary N) is 3. The van der Waals surface area contributed by atoms with E-state index in [-0.39, 0.29) is 0 Å². The summed E-state index contributed by atoms with van der Waals surface area (Å²) in [5.41, 5.74) is 0. The van der Waals surface area contributed by atoms with Gasteiger partial charge >= 0.3 is 0 Å². The van der Waals surface area contributed by atoms with Gasteiger partial charge in [0.05, 0.1) is 6.26 Å². The lowest BCUT2D eigenvalue weighted by molar-refractivity contribution is 0.532. The maximum absolute atomic E-state index is 10.7. The van der Waals surface area contributed by atoms with E-state index in [0.29, 0.717) is 19.1 Å². The molecule has 0 amide bonds. The minimum atomic E-state index is -3.03. The Hall–Kier alpha value is -0.170. The van der Waals surface area contributed by atoms with Crippen molar-refractivity contribution in [3.05, 3.63) is 0 Å². The average Bonchev–Trinajstić information content (AvgIpc) is 2.54. The number of hydrogen-bond donors (Lipinski definition) is 3. The monoisotopic (exact) mass is 221 g/mol. The van der Waals surface area contributed by atoms with Crippen LogP contribution >= 0.6 is 0 Å². The molecule has 1 fully saturated rings. The van der Waals surface area contributed by atoms with Gasteiger partial charge in [0.25, 0.3) is 0 Å². The van der Waals surface area contributed by atoms with Gasteiger partial charge in [0.2, 0.25) is 10.0 Å². The van der Waals surface area contributed by atoms with Gasteiger partial charge in [0.15, 0.2) is 0 Å². The van der Waals surface area contributed by atoms with E-state index in [0.717, 1.165) is 13.1 Å². The van der Waals surface area contributed by atoms with Gasteiger partial charge in [-0.3, -0.25) is 0 Å². The molecule has 1 saturated heterocycles. The summed E-state index contributed by atoms with van der Waals surface area (Å²) < 4.78 is 23.8. The first-order chi connectivity index (χ1) is 6.58. The molecule has 0 spiro atoms. The maximum atomic E-state index is 10.7. The van der Waals surface area contributed by atoms with E-state index in [4.69, 9.17) is 0 Å². The van der Waals surface area contributed by atoms with E-state index in [1.165, 1.54) is 19.1 Å². The summed E-state index contributed by atoms with van der Waals surface area (Å²) in [5, 5.41) is 6.57. The summed E-state index contributed by atoms with van der Waals surface area (Å²) in [5.74, 6) is 0. The van der Waals surface area contributed by atoms with Gasteiger partial charge in [-0.25, -0.2) is 13.1 Å². The van der Waals surface area contributed by atoms with Crippen molar-refractivity contribution in [2.24, 2.45) is 0 Å². The third kappa shape index (κ3) is 5.54. The van der Waals surface area contributed by atoms with Crippen LogP contribution in [-0.2, 0) is 10.0 Å². The van der Waals surface area contributed by atoms with Crippen LogP contribution in [0.1, 0.15) is 12.8 Å². The van der Waals surface area contributed by atoms with Crippen LogP contribution in [0.4, 0.5) is 0 Å². The summed E-state index contributed by atoms with van der Waals surface area (Å²) >= 11 is 0. The highest BCUT2D eigenvalue weighted by Gasteiger charge is 2.12. The SMILES string of the molecule is CS(=O)(=O)NCCNCC1CCCN1. The Labute approximate surface area is 85.7 Å². The molecular weight excluding hydrogens is 202 g/mol. The Bertz CT molecular complexity index is 247. The summed E-state index contributed by atoms with van der Waals surface area (Å²) in [6.45, 7) is 3.18. The predicted octanol–water partition coefficient (Wildman–Crippen LogP) is -1.12. The van der Waals surface area contributed by atoms with Crippen LogP contribution in [-0.4, -0.2) is 46.9 Å². The standard InChI is InChI=1S/C8H19N3O2S/c1-14(12,13)11-6-5-9-7-8-3-2-4-10-8/h8-11H,2-7H2,1H3. The molecular formula is C8H19N3O2S. The number of rotatable bonds is 6. The second kappa shape index (κ2) is 5.65. The molecule has 3 N–H and O–H groups in total. The van der Waals surface area contributed by atoms with Crippen molar-refractivity contribution < 1.29 is 8.42 Å². The molecule has 1 unspecified atom stereocenters. The van der Waals surface area contributed by atoms with E-state index in [1.807, 2.05) is 0 Å². The van der Waals surface area contributed by atoms with Gasteiger partial charge in [-0.15, -0.1) is 0 Å². The Morgan fingerprint density at radius 1 is 1.43 bits per heavy atom. The van der Waals surface area contributed by atoms with Crippen LogP contribution in [0.25, 0.3) is 0 Å². The third-order valence-electron chi connectivity index (χ3n) is 2.22. The fourth-order valence-electron chi connectivity index (χ4n) is 1.53. The molecule has 1 atom stereocenters. The van der Waals surface area contributed by atoms with E-state index in [2.05, 4.69) is 15.4 Å². The smallest absolute Gasteiger partial charge is 0.208 e. The van der Waals surface area contributed by atoms with Gasteiger partial charge in [-0.05, 0) is 19.4 Å². The zero-order valence-corrected chi connectivity index (χ0v) is 9.36. The maximum Gasteiger partial charge on any atom is 0.208 e. The summed E-state index contributed by atoms with van der Waals surface area (Å²) in [6, 6.07) is 0.563. The lowest BCUT2D eigenvalue weighted by Crippen LogP contribution is -2.38. The van der Waals surface area contributed by atoms with Crippen LogP contribution in [0.15, 0.2) is 0 Å². The third-order valence-corrected chi connectivity index (χ3v) is 2.95. The second-order valence-electron chi connectivity index (χ2n) is 3.66. The molecule has 1 heterocycles. The first kappa shape index (κ1) is 11.9. The lowest BCUT2D eigenvalue weighted by atomic mass is 10.2. The molecule has 6 heteroatoms. The molecule has 0 radical (unpaired) electrons. The van der Waals surface area contributed by atoms with Crippen molar-refractivity contribution in [2.45, 2.75) is 18.9 Å². The average molecular weight is 221 g/mol. The highest BCUT2D eigenvalue weighted by Crippen LogP contribution is 2.02. The topological polar surface area (TPSA) is 70.2 Å². The van der Waals surface area contributed by atoms with Crippen LogP contribution in [0, 0.1) is 0 Å².